The Morgan fingerprint density at radius 2 is 1.79 bits per heavy atom. The molecule has 2 atom stereocenters. The van der Waals surface area contributed by atoms with Gasteiger partial charge in [-0.25, -0.2) is 9.69 Å². The number of ether oxygens (including phenoxy) is 1. The number of carboxylic acid groups (broad SMARTS) is 1. The Labute approximate surface area is 163 Å². The Morgan fingerprint density at radius 3 is 2.36 bits per heavy atom. The van der Waals surface area contributed by atoms with Gasteiger partial charge in [0.2, 0.25) is 12.0 Å². The van der Waals surface area contributed by atoms with Crippen LogP contribution in [0.15, 0.2) is 30.3 Å². The molecule has 1 aromatic carbocycles. The summed E-state index contributed by atoms with van der Waals surface area (Å²) in [6.45, 7) is 2.24. The minimum Gasteiger partial charge on any atom is -0.481 e. The number of hydrogen-bond donors (Lipinski definition) is 1. The van der Waals surface area contributed by atoms with E-state index in [-0.39, 0.29) is 18.2 Å². The number of amides is 3. The van der Waals surface area contributed by atoms with Gasteiger partial charge in [-0.05, 0) is 24.8 Å². The normalized spacial score (nSPS) is 22.8. The lowest BCUT2D eigenvalue weighted by molar-refractivity contribution is -0.148. The summed E-state index contributed by atoms with van der Waals surface area (Å²) < 4.78 is 5.33. The zero-order valence-corrected chi connectivity index (χ0v) is 15.7. The molecule has 0 radical (unpaired) electrons. The number of benzene rings is 1. The Balaban J connectivity index is 1.79. The van der Waals surface area contributed by atoms with Gasteiger partial charge < -0.3 is 14.7 Å². The Hall–Kier alpha value is -2.90. The van der Waals surface area contributed by atoms with Gasteiger partial charge in [0, 0.05) is 19.5 Å². The molecule has 3 amide bonds. The van der Waals surface area contributed by atoms with E-state index in [1.54, 1.807) is 6.92 Å². The first-order valence-electron chi connectivity index (χ1n) is 9.50. The summed E-state index contributed by atoms with van der Waals surface area (Å²) in [6.07, 6.45) is -0.701. The van der Waals surface area contributed by atoms with E-state index >= 15 is 0 Å². The maximum absolute atomic E-state index is 13.0. The lowest BCUT2D eigenvalue weighted by Gasteiger charge is -2.32. The van der Waals surface area contributed by atoms with E-state index in [0.717, 1.165) is 10.5 Å². The van der Waals surface area contributed by atoms with Crippen molar-refractivity contribution in [3.63, 3.8) is 0 Å². The number of carboxylic acids is 1. The number of carbonyl (C=O) groups is 4. The number of likely N-dealkylation sites (tertiary alicyclic amines) is 1. The van der Waals surface area contributed by atoms with Crippen LogP contribution in [0.4, 0.5) is 4.79 Å². The molecular weight excluding hydrogens is 364 g/mol. The van der Waals surface area contributed by atoms with Crippen LogP contribution in [-0.4, -0.2) is 64.0 Å². The second-order valence-electron chi connectivity index (χ2n) is 7.12. The highest BCUT2D eigenvalue weighted by molar-refractivity contribution is 5.97. The molecule has 0 saturated carbocycles. The largest absolute Gasteiger partial charge is 0.481 e. The molecule has 2 aliphatic rings. The average Bonchev–Trinajstić information content (AvgIpc) is 3.03. The minimum absolute atomic E-state index is 0.130. The lowest BCUT2D eigenvalue weighted by Crippen LogP contribution is -2.51. The van der Waals surface area contributed by atoms with E-state index < -0.39 is 30.1 Å². The number of aliphatic carboxylic acids is 1. The lowest BCUT2D eigenvalue weighted by atomic mass is 9.95. The third kappa shape index (κ3) is 4.00. The van der Waals surface area contributed by atoms with E-state index in [4.69, 9.17) is 9.84 Å². The van der Waals surface area contributed by atoms with Crippen molar-refractivity contribution in [3.8, 4) is 0 Å². The van der Waals surface area contributed by atoms with E-state index in [2.05, 4.69) is 0 Å². The molecule has 0 spiro atoms. The summed E-state index contributed by atoms with van der Waals surface area (Å²) in [5.41, 5.74) is 0.891. The molecule has 8 nitrogen and oxygen atoms in total. The highest BCUT2D eigenvalue weighted by Gasteiger charge is 2.49. The first-order chi connectivity index (χ1) is 13.4. The fraction of sp³-hybridized carbons (Fsp3) is 0.500. The Bertz CT molecular complexity index is 757. The van der Waals surface area contributed by atoms with Gasteiger partial charge in [-0.1, -0.05) is 37.3 Å². The van der Waals surface area contributed by atoms with Crippen LogP contribution in [0.3, 0.4) is 0 Å². The van der Waals surface area contributed by atoms with Crippen molar-refractivity contribution < 1.29 is 29.0 Å². The number of nitrogens with zero attached hydrogens (tertiary/aromatic N) is 2. The van der Waals surface area contributed by atoms with Gasteiger partial charge in [0.25, 0.3) is 5.91 Å². The summed E-state index contributed by atoms with van der Waals surface area (Å²) in [7, 11) is 0. The summed E-state index contributed by atoms with van der Waals surface area (Å²) in [5, 5.41) is 9.12. The molecule has 150 valence electrons. The van der Waals surface area contributed by atoms with Gasteiger partial charge in [0.1, 0.15) is 0 Å². The third-order valence-corrected chi connectivity index (χ3v) is 5.36. The van der Waals surface area contributed by atoms with Gasteiger partial charge in [0.05, 0.1) is 12.0 Å². The van der Waals surface area contributed by atoms with E-state index in [1.807, 2.05) is 30.3 Å². The number of piperidine rings is 1. The van der Waals surface area contributed by atoms with Crippen LogP contribution in [0, 0.1) is 5.92 Å². The van der Waals surface area contributed by atoms with Crippen LogP contribution in [0.25, 0.3) is 0 Å². The minimum atomic E-state index is -1.08. The van der Waals surface area contributed by atoms with Crippen molar-refractivity contribution >= 4 is 23.9 Å². The van der Waals surface area contributed by atoms with Gasteiger partial charge in [-0.15, -0.1) is 0 Å². The van der Waals surface area contributed by atoms with E-state index in [0.29, 0.717) is 32.4 Å². The van der Waals surface area contributed by atoms with Crippen LogP contribution in [-0.2, 0) is 25.5 Å². The van der Waals surface area contributed by atoms with Gasteiger partial charge in [0.15, 0.2) is 0 Å². The summed E-state index contributed by atoms with van der Waals surface area (Å²) in [6, 6.07) is 8.60. The highest BCUT2D eigenvalue weighted by atomic mass is 16.6. The van der Waals surface area contributed by atoms with Crippen LogP contribution in [0.5, 0.6) is 0 Å². The third-order valence-electron chi connectivity index (χ3n) is 5.36. The summed E-state index contributed by atoms with van der Waals surface area (Å²) in [5.74, 6) is -2.08. The van der Waals surface area contributed by atoms with Crippen molar-refractivity contribution in [3.05, 3.63) is 35.9 Å². The fourth-order valence-corrected chi connectivity index (χ4v) is 3.77. The number of rotatable bonds is 5. The monoisotopic (exact) mass is 388 g/mol. The van der Waals surface area contributed by atoms with Crippen LogP contribution >= 0.6 is 0 Å². The molecule has 28 heavy (non-hydrogen) atoms. The zero-order chi connectivity index (χ0) is 20.3. The second kappa shape index (κ2) is 8.41. The smallest absolute Gasteiger partial charge is 0.417 e. The van der Waals surface area contributed by atoms with Gasteiger partial charge >= 0.3 is 12.1 Å². The van der Waals surface area contributed by atoms with Crippen LogP contribution < -0.4 is 0 Å². The molecule has 0 unspecified atom stereocenters. The maximum Gasteiger partial charge on any atom is 0.417 e. The Kier molecular flexibility index (Phi) is 5.96. The van der Waals surface area contributed by atoms with Crippen molar-refractivity contribution in [1.82, 2.24) is 9.80 Å². The summed E-state index contributed by atoms with van der Waals surface area (Å²) >= 11 is 0. The standard InChI is InChI=1S/C20H24N2O6/c1-2-16(23)22-15(12-13-6-4-3-5-7-13)17(28-20(22)27)18(24)21-10-8-14(9-11-21)19(25)26/h3-7,14-15,17H,2,8-12H2,1H3,(H,25,26)/t15-,17+/m0/s1. The van der Waals surface area contributed by atoms with Crippen molar-refractivity contribution in [2.24, 2.45) is 5.92 Å². The quantitative estimate of drug-likeness (QED) is 0.823. The molecule has 1 aromatic rings. The molecule has 3 rings (SSSR count). The molecule has 0 bridgehead atoms. The number of cyclic esters (lactones) is 1. The van der Waals surface area contributed by atoms with Crippen molar-refractivity contribution in [1.29, 1.82) is 0 Å². The maximum atomic E-state index is 13.0. The molecule has 1 N–H and O–H groups in total. The van der Waals surface area contributed by atoms with Crippen molar-refractivity contribution in [2.45, 2.75) is 44.8 Å². The fourth-order valence-electron chi connectivity index (χ4n) is 3.77. The summed E-state index contributed by atoms with van der Waals surface area (Å²) in [4.78, 5) is 51.4. The second-order valence-corrected chi connectivity index (χ2v) is 7.12. The van der Waals surface area contributed by atoms with Crippen LogP contribution in [0.2, 0.25) is 0 Å². The molecule has 0 aromatic heterocycles. The molecular formula is C20H24N2O6. The SMILES string of the molecule is CCC(=O)N1C(=O)O[C@@H](C(=O)N2CCC(C(=O)O)CC2)[C@@H]1Cc1ccccc1. The highest BCUT2D eigenvalue weighted by Crippen LogP contribution is 2.27. The first-order valence-corrected chi connectivity index (χ1v) is 9.50. The van der Waals surface area contributed by atoms with Crippen molar-refractivity contribution in [2.75, 3.05) is 13.1 Å². The molecule has 2 saturated heterocycles. The first kappa shape index (κ1) is 19.9. The van der Waals surface area contributed by atoms with Crippen LogP contribution in [0.1, 0.15) is 31.7 Å². The molecule has 8 heteroatoms. The molecule has 2 aliphatic heterocycles. The van der Waals surface area contributed by atoms with Gasteiger partial charge in [-0.3, -0.25) is 14.4 Å². The number of carbonyl (C=O) groups excluding carboxylic acids is 3. The predicted octanol–water partition coefficient (Wildman–Crippen LogP) is 1.68. The molecule has 2 fully saturated rings. The number of hydrogen-bond acceptors (Lipinski definition) is 5. The average molecular weight is 388 g/mol. The zero-order valence-electron chi connectivity index (χ0n) is 15.7. The van der Waals surface area contributed by atoms with E-state index in [1.165, 1.54) is 4.90 Å². The Morgan fingerprint density at radius 1 is 1.14 bits per heavy atom. The van der Waals surface area contributed by atoms with E-state index in [9.17, 15) is 19.2 Å². The topological polar surface area (TPSA) is 104 Å². The molecule has 2 heterocycles. The molecule has 0 aliphatic carbocycles. The van der Waals surface area contributed by atoms with Gasteiger partial charge in [-0.2, -0.15) is 0 Å². The predicted molar refractivity (Wildman–Crippen MR) is 98.3 cm³/mol. The number of imide groups is 1.